The van der Waals surface area contributed by atoms with Crippen molar-refractivity contribution in [1.82, 2.24) is 10.2 Å². The van der Waals surface area contributed by atoms with Crippen LogP contribution in [0.4, 0.5) is 0 Å². The topological polar surface area (TPSA) is 32.3 Å². The van der Waals surface area contributed by atoms with Crippen molar-refractivity contribution in [2.75, 3.05) is 20.6 Å². The fraction of sp³-hybridized carbons (Fsp3) is 0.909. The van der Waals surface area contributed by atoms with E-state index < -0.39 is 0 Å². The van der Waals surface area contributed by atoms with E-state index in [-0.39, 0.29) is 5.91 Å². The van der Waals surface area contributed by atoms with Gasteiger partial charge in [-0.05, 0) is 25.3 Å². The van der Waals surface area contributed by atoms with Crippen LogP contribution in [-0.2, 0) is 4.79 Å². The molecule has 0 aromatic carbocycles. The molecule has 14 heavy (non-hydrogen) atoms. The van der Waals surface area contributed by atoms with E-state index in [2.05, 4.69) is 12.2 Å². The largest absolute Gasteiger partial charge is 0.349 e. The highest BCUT2D eigenvalue weighted by atomic mass is 16.2. The number of hydrogen-bond acceptors (Lipinski definition) is 2. The van der Waals surface area contributed by atoms with Gasteiger partial charge in [0.05, 0.1) is 0 Å². The zero-order chi connectivity index (χ0) is 10.6. The third kappa shape index (κ3) is 3.29. The monoisotopic (exact) mass is 198 g/mol. The molecule has 1 rings (SSSR count). The highest BCUT2D eigenvalue weighted by molar-refractivity contribution is 5.75. The molecule has 0 aromatic rings. The molecular weight excluding hydrogens is 176 g/mol. The van der Waals surface area contributed by atoms with E-state index in [9.17, 15) is 4.79 Å². The molecule has 0 aromatic heterocycles. The van der Waals surface area contributed by atoms with Crippen LogP contribution in [0.25, 0.3) is 0 Å². The highest BCUT2D eigenvalue weighted by Crippen LogP contribution is 2.18. The zero-order valence-corrected chi connectivity index (χ0v) is 9.55. The van der Waals surface area contributed by atoms with Gasteiger partial charge in [-0.1, -0.05) is 13.3 Å². The lowest BCUT2D eigenvalue weighted by atomic mass is 9.91. The lowest BCUT2D eigenvalue weighted by Gasteiger charge is -2.29. The molecule has 0 spiro atoms. The fourth-order valence-corrected chi connectivity index (χ4v) is 1.96. The second-order valence-electron chi connectivity index (χ2n) is 4.53. The molecule has 3 nitrogen and oxygen atoms in total. The summed E-state index contributed by atoms with van der Waals surface area (Å²) in [5, 5.41) is 3.49. The minimum absolute atomic E-state index is 0.241. The van der Waals surface area contributed by atoms with E-state index in [1.807, 2.05) is 14.1 Å². The van der Waals surface area contributed by atoms with Crippen LogP contribution >= 0.6 is 0 Å². The van der Waals surface area contributed by atoms with Crippen LogP contribution in [0.3, 0.4) is 0 Å². The molecule has 1 aliphatic heterocycles. The Labute approximate surface area is 86.9 Å². The summed E-state index contributed by atoms with van der Waals surface area (Å²) in [5.41, 5.74) is 0. The Morgan fingerprint density at radius 2 is 2.21 bits per heavy atom. The lowest BCUT2D eigenvalue weighted by Crippen LogP contribution is -2.40. The first kappa shape index (κ1) is 11.5. The predicted molar refractivity (Wildman–Crippen MR) is 58.1 cm³/mol. The van der Waals surface area contributed by atoms with Crippen LogP contribution in [0.1, 0.15) is 32.6 Å². The SMILES string of the molecule is C[C@@H](CC(=O)N(C)C)[C@H]1CCCCN1. The number of hydrogen-bond donors (Lipinski definition) is 1. The Morgan fingerprint density at radius 1 is 1.50 bits per heavy atom. The molecule has 1 amide bonds. The van der Waals surface area contributed by atoms with E-state index in [1.54, 1.807) is 4.90 Å². The summed E-state index contributed by atoms with van der Waals surface area (Å²) in [6.07, 6.45) is 4.48. The van der Waals surface area contributed by atoms with Gasteiger partial charge in [0.25, 0.3) is 0 Å². The number of carbonyl (C=O) groups is 1. The second kappa shape index (κ2) is 5.35. The van der Waals surface area contributed by atoms with Crippen LogP contribution in [-0.4, -0.2) is 37.5 Å². The van der Waals surface area contributed by atoms with Gasteiger partial charge in [-0.3, -0.25) is 4.79 Å². The smallest absolute Gasteiger partial charge is 0.222 e. The van der Waals surface area contributed by atoms with Crippen LogP contribution in [0, 0.1) is 5.92 Å². The Morgan fingerprint density at radius 3 is 2.71 bits per heavy atom. The molecule has 0 radical (unpaired) electrons. The quantitative estimate of drug-likeness (QED) is 0.740. The second-order valence-corrected chi connectivity index (χ2v) is 4.53. The van der Waals surface area contributed by atoms with E-state index in [4.69, 9.17) is 0 Å². The maximum atomic E-state index is 11.5. The minimum Gasteiger partial charge on any atom is -0.349 e. The van der Waals surface area contributed by atoms with Gasteiger partial charge in [0.15, 0.2) is 0 Å². The molecule has 1 aliphatic rings. The average Bonchev–Trinajstić information content (AvgIpc) is 2.19. The van der Waals surface area contributed by atoms with Crippen molar-refractivity contribution in [1.29, 1.82) is 0 Å². The molecule has 3 heteroatoms. The van der Waals surface area contributed by atoms with Crippen molar-refractivity contribution < 1.29 is 4.79 Å². The number of carbonyl (C=O) groups excluding carboxylic acids is 1. The first-order valence-corrected chi connectivity index (χ1v) is 5.55. The summed E-state index contributed by atoms with van der Waals surface area (Å²) < 4.78 is 0. The fourth-order valence-electron chi connectivity index (χ4n) is 1.96. The molecule has 2 atom stereocenters. The molecule has 1 N–H and O–H groups in total. The van der Waals surface area contributed by atoms with Crippen molar-refractivity contribution in [2.45, 2.75) is 38.6 Å². The van der Waals surface area contributed by atoms with Gasteiger partial charge in [-0.25, -0.2) is 0 Å². The van der Waals surface area contributed by atoms with Gasteiger partial charge in [0.2, 0.25) is 5.91 Å². The number of nitrogens with one attached hydrogen (secondary N) is 1. The van der Waals surface area contributed by atoms with Gasteiger partial charge in [-0.15, -0.1) is 0 Å². The van der Waals surface area contributed by atoms with Crippen molar-refractivity contribution >= 4 is 5.91 Å². The third-order valence-corrected chi connectivity index (χ3v) is 3.03. The molecule has 1 heterocycles. The first-order valence-electron chi connectivity index (χ1n) is 5.55. The van der Waals surface area contributed by atoms with Crippen LogP contribution in [0.15, 0.2) is 0 Å². The van der Waals surface area contributed by atoms with Gasteiger partial charge >= 0.3 is 0 Å². The molecule has 0 aliphatic carbocycles. The van der Waals surface area contributed by atoms with Crippen LogP contribution in [0.2, 0.25) is 0 Å². The van der Waals surface area contributed by atoms with Crippen LogP contribution < -0.4 is 5.32 Å². The normalized spacial score (nSPS) is 24.4. The Kier molecular flexibility index (Phi) is 4.39. The molecule has 0 bridgehead atoms. The lowest BCUT2D eigenvalue weighted by molar-refractivity contribution is -0.129. The summed E-state index contributed by atoms with van der Waals surface area (Å²) in [7, 11) is 3.65. The Balaban J connectivity index is 2.32. The van der Waals surface area contributed by atoms with Gasteiger partial charge < -0.3 is 10.2 Å². The molecule has 0 saturated carbocycles. The predicted octanol–water partition coefficient (Wildman–Crippen LogP) is 1.24. The zero-order valence-electron chi connectivity index (χ0n) is 9.55. The van der Waals surface area contributed by atoms with Crippen molar-refractivity contribution in [3.63, 3.8) is 0 Å². The van der Waals surface area contributed by atoms with Gasteiger partial charge in [0, 0.05) is 26.6 Å². The van der Waals surface area contributed by atoms with Gasteiger partial charge in [0.1, 0.15) is 0 Å². The van der Waals surface area contributed by atoms with E-state index in [0.717, 1.165) is 6.54 Å². The molecular formula is C11H22N2O. The Hall–Kier alpha value is -0.570. The van der Waals surface area contributed by atoms with E-state index in [1.165, 1.54) is 19.3 Å². The molecule has 0 unspecified atom stereocenters. The van der Waals surface area contributed by atoms with Crippen molar-refractivity contribution in [3.8, 4) is 0 Å². The summed E-state index contributed by atoms with van der Waals surface area (Å²) in [4.78, 5) is 13.2. The number of amides is 1. The van der Waals surface area contributed by atoms with E-state index in [0.29, 0.717) is 18.4 Å². The standard InChI is InChI=1S/C11H22N2O/c1-9(8-11(14)13(2)3)10-6-4-5-7-12-10/h9-10,12H,4-8H2,1-3H3/t9-,10+/m0/s1. The summed E-state index contributed by atoms with van der Waals surface area (Å²) in [6.45, 7) is 3.29. The number of piperidine rings is 1. The van der Waals surface area contributed by atoms with Gasteiger partial charge in [-0.2, -0.15) is 0 Å². The molecule has 1 saturated heterocycles. The summed E-state index contributed by atoms with van der Waals surface area (Å²) in [6, 6.07) is 0.549. The van der Waals surface area contributed by atoms with Crippen molar-refractivity contribution in [3.05, 3.63) is 0 Å². The third-order valence-electron chi connectivity index (χ3n) is 3.03. The van der Waals surface area contributed by atoms with Crippen molar-refractivity contribution in [2.24, 2.45) is 5.92 Å². The van der Waals surface area contributed by atoms with E-state index >= 15 is 0 Å². The first-order chi connectivity index (χ1) is 6.61. The summed E-state index contributed by atoms with van der Waals surface area (Å²) >= 11 is 0. The minimum atomic E-state index is 0.241. The summed E-state index contributed by atoms with van der Waals surface area (Å²) in [5.74, 6) is 0.704. The van der Waals surface area contributed by atoms with Crippen LogP contribution in [0.5, 0.6) is 0 Å². The number of rotatable bonds is 3. The average molecular weight is 198 g/mol. The maximum absolute atomic E-state index is 11.5. The molecule has 1 fully saturated rings. The number of nitrogens with zero attached hydrogens (tertiary/aromatic N) is 1. The molecule has 82 valence electrons. The highest BCUT2D eigenvalue weighted by Gasteiger charge is 2.21. The maximum Gasteiger partial charge on any atom is 0.222 e. The Bertz CT molecular complexity index is 186.